The molecule has 1 atom stereocenters. The maximum absolute atomic E-state index is 13.1. The molecule has 0 radical (unpaired) electrons. The Labute approximate surface area is 138 Å². The van der Waals surface area contributed by atoms with E-state index in [4.69, 9.17) is 5.11 Å². The van der Waals surface area contributed by atoms with Gasteiger partial charge in [-0.25, -0.2) is 0 Å². The average molecular weight is 317 g/mol. The number of rotatable bonds is 5. The molecule has 0 saturated carbocycles. The Kier molecular flexibility index (Phi) is 5.65. The minimum absolute atomic E-state index is 0.162. The Morgan fingerprint density at radius 2 is 1.65 bits per heavy atom. The Hall–Kier alpha value is -1.43. The zero-order valence-electron chi connectivity index (χ0n) is 13.7. The number of piperazine rings is 1. The predicted octanol–water partition coefficient (Wildman–Crippen LogP) is 0.960. The summed E-state index contributed by atoms with van der Waals surface area (Å²) in [7, 11) is 0. The van der Waals surface area contributed by atoms with Crippen LogP contribution in [0.2, 0.25) is 0 Å². The molecule has 1 aromatic rings. The zero-order valence-corrected chi connectivity index (χ0v) is 13.7. The van der Waals surface area contributed by atoms with Gasteiger partial charge in [0.15, 0.2) is 0 Å². The second-order valence-corrected chi connectivity index (χ2v) is 6.45. The number of benzene rings is 1. The third kappa shape index (κ3) is 3.91. The van der Waals surface area contributed by atoms with Gasteiger partial charge in [0.1, 0.15) is 6.04 Å². The van der Waals surface area contributed by atoms with Crippen LogP contribution in [0, 0.1) is 0 Å². The van der Waals surface area contributed by atoms with E-state index in [1.54, 1.807) is 0 Å². The maximum Gasteiger partial charge on any atom is 0.244 e. The number of β-amino-alcohol motifs (C(OH)–C–C–N with tert-alkyl or cyclic N) is 1. The fourth-order valence-corrected chi connectivity index (χ4v) is 3.64. The first kappa shape index (κ1) is 16.4. The lowest BCUT2D eigenvalue weighted by Crippen LogP contribution is -2.51. The zero-order chi connectivity index (χ0) is 16.1. The highest BCUT2D eigenvalue weighted by Gasteiger charge is 2.33. The maximum atomic E-state index is 13.1. The topological polar surface area (TPSA) is 47.0 Å². The van der Waals surface area contributed by atoms with Gasteiger partial charge in [-0.1, -0.05) is 30.3 Å². The van der Waals surface area contributed by atoms with E-state index >= 15 is 0 Å². The van der Waals surface area contributed by atoms with Crippen LogP contribution in [0.4, 0.5) is 0 Å². The minimum Gasteiger partial charge on any atom is -0.395 e. The molecule has 126 valence electrons. The SMILES string of the molecule is O=C(C(c1ccccc1)N1CCN(CCO)CC1)N1CCCC1. The van der Waals surface area contributed by atoms with Crippen molar-refractivity contribution >= 4 is 5.91 Å². The number of hydrogen-bond donors (Lipinski definition) is 1. The molecule has 1 aromatic carbocycles. The monoisotopic (exact) mass is 317 g/mol. The largest absolute Gasteiger partial charge is 0.395 e. The Morgan fingerprint density at radius 1 is 1.00 bits per heavy atom. The second kappa shape index (κ2) is 7.90. The van der Waals surface area contributed by atoms with Crippen LogP contribution >= 0.6 is 0 Å². The minimum atomic E-state index is -0.162. The number of aliphatic hydroxyl groups is 1. The molecule has 1 unspecified atom stereocenters. The molecule has 1 amide bonds. The van der Waals surface area contributed by atoms with Crippen molar-refractivity contribution in [2.24, 2.45) is 0 Å². The second-order valence-electron chi connectivity index (χ2n) is 6.45. The van der Waals surface area contributed by atoms with Crippen molar-refractivity contribution in [1.82, 2.24) is 14.7 Å². The number of carbonyl (C=O) groups excluding carboxylic acids is 1. The van der Waals surface area contributed by atoms with E-state index in [9.17, 15) is 4.79 Å². The number of nitrogens with zero attached hydrogens (tertiary/aromatic N) is 3. The van der Waals surface area contributed by atoms with Crippen LogP contribution in [0.15, 0.2) is 30.3 Å². The molecule has 5 nitrogen and oxygen atoms in total. The third-order valence-electron chi connectivity index (χ3n) is 4.96. The molecular weight excluding hydrogens is 290 g/mol. The molecule has 0 bridgehead atoms. The van der Waals surface area contributed by atoms with Crippen LogP contribution in [0.3, 0.4) is 0 Å². The number of hydrogen-bond acceptors (Lipinski definition) is 4. The number of carbonyl (C=O) groups is 1. The standard InChI is InChI=1S/C18H27N3O2/c22-15-14-19-10-12-20(13-11-19)17(16-6-2-1-3-7-16)18(23)21-8-4-5-9-21/h1-3,6-7,17,22H,4-5,8-15H2. The lowest BCUT2D eigenvalue weighted by molar-refractivity contribution is -0.137. The Balaban J connectivity index is 1.74. The molecule has 0 spiro atoms. The summed E-state index contributed by atoms with van der Waals surface area (Å²) < 4.78 is 0. The van der Waals surface area contributed by atoms with Crippen molar-refractivity contribution < 1.29 is 9.90 Å². The van der Waals surface area contributed by atoms with Crippen molar-refractivity contribution in [1.29, 1.82) is 0 Å². The van der Waals surface area contributed by atoms with Crippen LogP contribution in [0.1, 0.15) is 24.4 Å². The molecule has 3 rings (SSSR count). The molecule has 1 N–H and O–H groups in total. The molecular formula is C18H27N3O2. The highest BCUT2D eigenvalue weighted by Crippen LogP contribution is 2.26. The lowest BCUT2D eigenvalue weighted by Gasteiger charge is -2.39. The smallest absolute Gasteiger partial charge is 0.244 e. The molecule has 23 heavy (non-hydrogen) atoms. The van der Waals surface area contributed by atoms with Crippen LogP contribution in [0.5, 0.6) is 0 Å². The molecule has 2 aliphatic heterocycles. The van der Waals surface area contributed by atoms with Gasteiger partial charge >= 0.3 is 0 Å². The van der Waals surface area contributed by atoms with E-state index in [0.29, 0.717) is 0 Å². The fraction of sp³-hybridized carbons (Fsp3) is 0.611. The van der Waals surface area contributed by atoms with Crippen LogP contribution < -0.4 is 0 Å². The summed E-state index contributed by atoms with van der Waals surface area (Å²) in [5.41, 5.74) is 1.10. The predicted molar refractivity (Wildman–Crippen MR) is 90.1 cm³/mol. The van der Waals surface area contributed by atoms with Crippen LogP contribution in [0.25, 0.3) is 0 Å². The normalized spacial score (nSPS) is 21.5. The highest BCUT2D eigenvalue weighted by atomic mass is 16.3. The third-order valence-corrected chi connectivity index (χ3v) is 4.96. The fourth-order valence-electron chi connectivity index (χ4n) is 3.64. The van der Waals surface area contributed by atoms with Crippen LogP contribution in [-0.2, 0) is 4.79 Å². The van der Waals surface area contributed by atoms with Gasteiger partial charge in [0, 0.05) is 45.8 Å². The van der Waals surface area contributed by atoms with E-state index in [0.717, 1.165) is 64.2 Å². The van der Waals surface area contributed by atoms with E-state index in [1.807, 2.05) is 23.1 Å². The lowest BCUT2D eigenvalue weighted by atomic mass is 10.0. The first-order valence-electron chi connectivity index (χ1n) is 8.70. The molecule has 2 fully saturated rings. The van der Waals surface area contributed by atoms with Gasteiger partial charge in [0.05, 0.1) is 6.61 Å². The van der Waals surface area contributed by atoms with Gasteiger partial charge in [-0.15, -0.1) is 0 Å². The number of aliphatic hydroxyl groups excluding tert-OH is 1. The number of amides is 1. The van der Waals surface area contributed by atoms with Crippen molar-refractivity contribution in [2.75, 3.05) is 52.4 Å². The molecule has 2 saturated heterocycles. The van der Waals surface area contributed by atoms with Gasteiger partial charge in [0.25, 0.3) is 0 Å². The first-order chi connectivity index (χ1) is 11.3. The van der Waals surface area contributed by atoms with E-state index < -0.39 is 0 Å². The van der Waals surface area contributed by atoms with Crippen molar-refractivity contribution in [3.8, 4) is 0 Å². The van der Waals surface area contributed by atoms with Gasteiger partial charge < -0.3 is 10.0 Å². The molecule has 0 aromatic heterocycles. The van der Waals surface area contributed by atoms with Crippen LogP contribution in [-0.4, -0.2) is 78.1 Å². The summed E-state index contributed by atoms with van der Waals surface area (Å²) in [6, 6.07) is 10.0. The average Bonchev–Trinajstić information content (AvgIpc) is 3.12. The van der Waals surface area contributed by atoms with Gasteiger partial charge in [-0.3, -0.25) is 14.6 Å². The molecule has 0 aliphatic carbocycles. The van der Waals surface area contributed by atoms with Crippen molar-refractivity contribution in [3.63, 3.8) is 0 Å². The van der Waals surface area contributed by atoms with Gasteiger partial charge in [0.2, 0.25) is 5.91 Å². The summed E-state index contributed by atoms with van der Waals surface area (Å²) in [4.78, 5) is 19.7. The summed E-state index contributed by atoms with van der Waals surface area (Å²) in [5, 5.41) is 9.09. The van der Waals surface area contributed by atoms with Crippen molar-refractivity contribution in [3.05, 3.63) is 35.9 Å². The Morgan fingerprint density at radius 3 is 2.26 bits per heavy atom. The summed E-state index contributed by atoms with van der Waals surface area (Å²) in [5.74, 6) is 0.254. The molecule has 2 heterocycles. The summed E-state index contributed by atoms with van der Waals surface area (Å²) >= 11 is 0. The number of likely N-dealkylation sites (tertiary alicyclic amines) is 1. The van der Waals surface area contributed by atoms with E-state index in [-0.39, 0.29) is 18.6 Å². The molecule has 2 aliphatic rings. The van der Waals surface area contributed by atoms with Gasteiger partial charge in [-0.2, -0.15) is 0 Å². The Bertz CT molecular complexity index is 494. The molecule has 5 heteroatoms. The van der Waals surface area contributed by atoms with E-state index in [2.05, 4.69) is 21.9 Å². The summed E-state index contributed by atoms with van der Waals surface area (Å²) in [6.45, 7) is 6.30. The van der Waals surface area contributed by atoms with Crippen molar-refractivity contribution in [2.45, 2.75) is 18.9 Å². The van der Waals surface area contributed by atoms with E-state index in [1.165, 1.54) is 0 Å². The highest BCUT2D eigenvalue weighted by molar-refractivity contribution is 5.83. The summed E-state index contributed by atoms with van der Waals surface area (Å²) in [6.07, 6.45) is 2.25. The van der Waals surface area contributed by atoms with Gasteiger partial charge in [-0.05, 0) is 18.4 Å². The first-order valence-corrected chi connectivity index (χ1v) is 8.70. The quantitative estimate of drug-likeness (QED) is 0.879.